The Morgan fingerprint density at radius 2 is 1.84 bits per heavy atom. The number of nitrogens with two attached hydrogens (primary N) is 1. The van der Waals surface area contributed by atoms with Crippen molar-refractivity contribution in [3.63, 3.8) is 0 Å². The molecule has 0 bridgehead atoms. The fourth-order valence-corrected chi connectivity index (χ4v) is 2.35. The monoisotopic (exact) mass is 350 g/mol. The molecule has 0 saturated heterocycles. The second-order valence-corrected chi connectivity index (χ2v) is 5.13. The first-order valence-electron chi connectivity index (χ1n) is 7.22. The minimum absolute atomic E-state index is 0.0726. The smallest absolute Gasteiger partial charge is 0.342 e. The van der Waals surface area contributed by atoms with Crippen molar-refractivity contribution in [1.29, 1.82) is 0 Å². The van der Waals surface area contributed by atoms with Crippen molar-refractivity contribution in [3.05, 3.63) is 45.5 Å². The van der Waals surface area contributed by atoms with E-state index in [2.05, 4.69) is 0 Å². The number of benzene rings is 1. The Bertz CT molecular complexity index is 906. The Morgan fingerprint density at radius 1 is 1.20 bits per heavy atom. The van der Waals surface area contributed by atoms with Crippen LogP contribution in [0.2, 0.25) is 0 Å². The van der Waals surface area contributed by atoms with E-state index in [-0.39, 0.29) is 17.9 Å². The maximum atomic E-state index is 13.9. The summed E-state index contributed by atoms with van der Waals surface area (Å²) in [5, 5.41) is 18.7. The summed E-state index contributed by atoms with van der Waals surface area (Å²) >= 11 is 0. The van der Waals surface area contributed by atoms with Gasteiger partial charge in [0.2, 0.25) is 0 Å². The highest BCUT2D eigenvalue weighted by Crippen LogP contribution is 2.32. The molecule has 1 aromatic heterocycles. The van der Waals surface area contributed by atoms with Gasteiger partial charge in [0.1, 0.15) is 28.5 Å². The summed E-state index contributed by atoms with van der Waals surface area (Å²) in [5.74, 6) is -4.47. The van der Waals surface area contributed by atoms with Crippen LogP contribution in [0.3, 0.4) is 0 Å². The molecule has 2 rings (SSSR count). The molecular weight excluding hydrogens is 335 g/mol. The number of nitrogens with one attached hydrogen (secondary N) is 1. The van der Waals surface area contributed by atoms with E-state index in [0.29, 0.717) is 6.42 Å². The number of hydrogen-bond donors (Lipinski definition) is 4. The number of aromatic amines is 1. The molecule has 9 heteroatoms. The van der Waals surface area contributed by atoms with E-state index in [9.17, 15) is 29.0 Å². The summed E-state index contributed by atoms with van der Waals surface area (Å²) < 4.78 is 19.2. The largest absolute Gasteiger partial charge is 0.493 e. The van der Waals surface area contributed by atoms with Crippen molar-refractivity contribution < 1.29 is 28.9 Å². The molecule has 0 spiro atoms. The van der Waals surface area contributed by atoms with Crippen LogP contribution in [0.4, 0.5) is 10.2 Å². The minimum atomic E-state index is -1.67. The van der Waals surface area contributed by atoms with Gasteiger partial charge in [-0.1, -0.05) is 6.92 Å². The molecule has 5 N–H and O–H groups in total. The first-order valence-corrected chi connectivity index (χ1v) is 7.22. The van der Waals surface area contributed by atoms with Gasteiger partial charge in [-0.15, -0.1) is 0 Å². The number of hydrogen-bond acceptors (Lipinski definition) is 5. The number of H-pyrrole nitrogens is 1. The Balaban J connectivity index is 2.85. The number of anilines is 1. The highest BCUT2D eigenvalue weighted by atomic mass is 19.1. The zero-order chi connectivity index (χ0) is 18.7. The lowest BCUT2D eigenvalue weighted by molar-refractivity contribution is 0.0695. The topological polar surface area (TPSA) is 143 Å². The average Bonchev–Trinajstić information content (AvgIpc) is 2.50. The SMILES string of the molecule is CCCOc1cc(F)cc(-c2c(C(=O)O)c(N)[nH]c(=O)c2C(=O)O)c1. The zero-order valence-electron chi connectivity index (χ0n) is 13.1. The van der Waals surface area contributed by atoms with E-state index in [4.69, 9.17) is 10.5 Å². The van der Waals surface area contributed by atoms with Crippen molar-refractivity contribution in [2.24, 2.45) is 0 Å². The number of aromatic nitrogens is 1. The molecule has 132 valence electrons. The molecular formula is C16H15FN2O6. The Labute approximate surface area is 140 Å². The molecule has 0 unspecified atom stereocenters. The normalized spacial score (nSPS) is 10.5. The third-order valence-electron chi connectivity index (χ3n) is 3.31. The Hall–Kier alpha value is -3.36. The molecule has 2 aromatic rings. The number of carboxylic acid groups (broad SMARTS) is 2. The predicted molar refractivity (Wildman–Crippen MR) is 86.6 cm³/mol. The molecule has 0 aliphatic heterocycles. The van der Waals surface area contributed by atoms with Gasteiger partial charge in [-0.05, 0) is 24.1 Å². The first kappa shape index (κ1) is 18.0. The molecule has 0 fully saturated rings. The molecule has 1 aromatic carbocycles. The second kappa shape index (κ2) is 7.04. The van der Waals surface area contributed by atoms with Crippen LogP contribution in [-0.4, -0.2) is 33.7 Å². The number of pyridine rings is 1. The number of nitrogen functional groups attached to an aromatic ring is 1. The number of aromatic carboxylic acids is 2. The molecule has 1 heterocycles. The summed E-state index contributed by atoms with van der Waals surface area (Å²) in [5.41, 5.74) is 2.33. The van der Waals surface area contributed by atoms with Gasteiger partial charge >= 0.3 is 11.9 Å². The summed E-state index contributed by atoms with van der Waals surface area (Å²) in [7, 11) is 0. The molecule has 0 amide bonds. The highest BCUT2D eigenvalue weighted by molar-refractivity contribution is 6.07. The minimum Gasteiger partial charge on any atom is -0.493 e. The van der Waals surface area contributed by atoms with Gasteiger partial charge in [-0.2, -0.15) is 0 Å². The van der Waals surface area contributed by atoms with Crippen molar-refractivity contribution >= 4 is 17.8 Å². The third-order valence-corrected chi connectivity index (χ3v) is 3.31. The predicted octanol–water partition coefficient (Wildman–Crippen LogP) is 1.95. The maximum Gasteiger partial charge on any atom is 0.342 e. The Morgan fingerprint density at radius 3 is 2.40 bits per heavy atom. The standard InChI is InChI=1S/C16H15FN2O6/c1-2-3-25-9-5-7(4-8(17)6-9)10-11(15(21)22)13(18)19-14(20)12(10)16(23)24/h4-6H,2-3H2,1H3,(H,21,22)(H,23,24)(H3,18,19,20). The van der Waals surface area contributed by atoms with Gasteiger partial charge in [0.05, 0.1) is 6.61 Å². The second-order valence-electron chi connectivity index (χ2n) is 5.13. The number of ether oxygens (including phenoxy) is 1. The summed E-state index contributed by atoms with van der Waals surface area (Å²) in [6, 6.07) is 3.23. The summed E-state index contributed by atoms with van der Waals surface area (Å²) in [6.07, 6.45) is 0.643. The van der Waals surface area contributed by atoms with E-state index in [1.165, 1.54) is 6.07 Å². The lowest BCUT2D eigenvalue weighted by Gasteiger charge is -2.13. The van der Waals surface area contributed by atoms with Gasteiger partial charge in [0.25, 0.3) is 5.56 Å². The van der Waals surface area contributed by atoms with Crippen LogP contribution in [0.5, 0.6) is 5.75 Å². The molecule has 0 aliphatic rings. The number of halogens is 1. The lowest BCUT2D eigenvalue weighted by atomic mass is 9.95. The van der Waals surface area contributed by atoms with Crippen LogP contribution in [-0.2, 0) is 0 Å². The fraction of sp³-hybridized carbons (Fsp3) is 0.188. The quantitative estimate of drug-likeness (QED) is 0.623. The average molecular weight is 350 g/mol. The van der Waals surface area contributed by atoms with E-state index in [1.54, 1.807) is 0 Å². The van der Waals surface area contributed by atoms with Gasteiger partial charge in [-0.3, -0.25) is 4.79 Å². The van der Waals surface area contributed by atoms with Crippen LogP contribution in [0.25, 0.3) is 11.1 Å². The summed E-state index contributed by atoms with van der Waals surface area (Å²) in [6.45, 7) is 2.11. The van der Waals surface area contributed by atoms with Crippen LogP contribution >= 0.6 is 0 Å². The Kier molecular flexibility index (Phi) is 5.06. The van der Waals surface area contributed by atoms with E-state index in [1.807, 2.05) is 11.9 Å². The zero-order valence-corrected chi connectivity index (χ0v) is 13.1. The van der Waals surface area contributed by atoms with E-state index >= 15 is 0 Å². The number of rotatable bonds is 6. The molecule has 0 saturated carbocycles. The van der Waals surface area contributed by atoms with Crippen molar-refractivity contribution in [1.82, 2.24) is 4.98 Å². The number of carbonyl (C=O) groups is 2. The maximum absolute atomic E-state index is 13.9. The van der Waals surface area contributed by atoms with Crippen molar-refractivity contribution in [2.45, 2.75) is 13.3 Å². The lowest BCUT2D eigenvalue weighted by Crippen LogP contribution is -2.24. The fourth-order valence-electron chi connectivity index (χ4n) is 2.35. The van der Waals surface area contributed by atoms with Crippen LogP contribution in [0.1, 0.15) is 34.1 Å². The first-order chi connectivity index (χ1) is 11.8. The van der Waals surface area contributed by atoms with Crippen molar-refractivity contribution in [3.8, 4) is 16.9 Å². The van der Waals surface area contributed by atoms with Crippen LogP contribution in [0.15, 0.2) is 23.0 Å². The van der Waals surface area contributed by atoms with E-state index in [0.717, 1.165) is 12.1 Å². The van der Waals surface area contributed by atoms with Crippen LogP contribution < -0.4 is 16.0 Å². The van der Waals surface area contributed by atoms with Gasteiger partial charge in [0.15, 0.2) is 0 Å². The summed E-state index contributed by atoms with van der Waals surface area (Å²) in [4.78, 5) is 36.9. The van der Waals surface area contributed by atoms with Gasteiger partial charge in [-0.25, -0.2) is 14.0 Å². The molecule has 8 nitrogen and oxygen atoms in total. The molecule has 0 aliphatic carbocycles. The molecule has 0 atom stereocenters. The van der Waals surface area contributed by atoms with Gasteiger partial charge in [0, 0.05) is 11.6 Å². The van der Waals surface area contributed by atoms with Gasteiger partial charge < -0.3 is 25.7 Å². The van der Waals surface area contributed by atoms with E-state index < -0.39 is 45.8 Å². The highest BCUT2D eigenvalue weighted by Gasteiger charge is 2.27. The third kappa shape index (κ3) is 3.60. The number of carboxylic acids is 2. The molecule has 0 radical (unpaired) electrons. The van der Waals surface area contributed by atoms with Crippen molar-refractivity contribution in [2.75, 3.05) is 12.3 Å². The molecule has 25 heavy (non-hydrogen) atoms. The van der Waals surface area contributed by atoms with Crippen LogP contribution in [0, 0.1) is 5.82 Å².